The fourth-order valence-corrected chi connectivity index (χ4v) is 2.91. The van der Waals surface area contributed by atoms with E-state index in [4.69, 9.17) is 0 Å². The molecule has 1 aromatic carbocycles. The van der Waals surface area contributed by atoms with Crippen molar-refractivity contribution < 1.29 is 0 Å². The summed E-state index contributed by atoms with van der Waals surface area (Å²) in [5, 5.41) is 3.64. The Morgan fingerprint density at radius 2 is 1.63 bits per heavy atom. The Balaban J connectivity index is 2.22. The lowest BCUT2D eigenvalue weighted by Gasteiger charge is -2.15. The Morgan fingerprint density at radius 3 is 2.26 bits per heavy atom. The SMILES string of the molecule is CSCCCCCCNC(C)c1cc(C)cc(C)c1. The minimum Gasteiger partial charge on any atom is -0.310 e. The number of benzene rings is 1. The van der Waals surface area contributed by atoms with Crippen LogP contribution in [-0.2, 0) is 0 Å². The molecule has 2 heteroatoms. The summed E-state index contributed by atoms with van der Waals surface area (Å²) >= 11 is 1.95. The number of nitrogens with one attached hydrogen (secondary N) is 1. The number of rotatable bonds is 9. The predicted molar refractivity (Wildman–Crippen MR) is 89.2 cm³/mol. The van der Waals surface area contributed by atoms with E-state index in [1.165, 1.54) is 48.1 Å². The van der Waals surface area contributed by atoms with E-state index in [0.717, 1.165) is 6.54 Å². The summed E-state index contributed by atoms with van der Waals surface area (Å²) in [6.07, 6.45) is 7.58. The molecule has 0 heterocycles. The Kier molecular flexibility index (Phi) is 8.24. The maximum atomic E-state index is 3.64. The molecule has 0 fully saturated rings. The van der Waals surface area contributed by atoms with Gasteiger partial charge in [-0.15, -0.1) is 0 Å². The fraction of sp³-hybridized carbons (Fsp3) is 0.647. The lowest BCUT2D eigenvalue weighted by Crippen LogP contribution is -2.20. The molecule has 0 radical (unpaired) electrons. The highest BCUT2D eigenvalue weighted by molar-refractivity contribution is 7.98. The molecule has 0 saturated heterocycles. The van der Waals surface area contributed by atoms with Crippen LogP contribution in [0.1, 0.15) is 55.3 Å². The molecule has 1 aromatic rings. The lowest BCUT2D eigenvalue weighted by atomic mass is 10.0. The highest BCUT2D eigenvalue weighted by Crippen LogP contribution is 2.16. The Morgan fingerprint density at radius 1 is 1.00 bits per heavy atom. The quantitative estimate of drug-likeness (QED) is 0.647. The van der Waals surface area contributed by atoms with Gasteiger partial charge in [0, 0.05) is 6.04 Å². The monoisotopic (exact) mass is 279 g/mol. The maximum Gasteiger partial charge on any atom is 0.0291 e. The van der Waals surface area contributed by atoms with Crippen molar-refractivity contribution in [3.05, 3.63) is 34.9 Å². The van der Waals surface area contributed by atoms with Crippen molar-refractivity contribution in [1.29, 1.82) is 0 Å². The highest BCUT2D eigenvalue weighted by atomic mass is 32.2. The zero-order valence-corrected chi connectivity index (χ0v) is 13.8. The molecule has 0 aliphatic carbocycles. The largest absolute Gasteiger partial charge is 0.310 e. The first-order chi connectivity index (χ1) is 9.13. The van der Waals surface area contributed by atoms with E-state index in [-0.39, 0.29) is 0 Å². The van der Waals surface area contributed by atoms with E-state index in [2.05, 4.69) is 50.5 Å². The molecule has 19 heavy (non-hydrogen) atoms. The predicted octanol–water partition coefficient (Wildman–Crippen LogP) is 4.88. The van der Waals surface area contributed by atoms with Crippen molar-refractivity contribution in [2.24, 2.45) is 0 Å². The van der Waals surface area contributed by atoms with E-state index >= 15 is 0 Å². The smallest absolute Gasteiger partial charge is 0.0291 e. The van der Waals surface area contributed by atoms with Crippen LogP contribution in [0.4, 0.5) is 0 Å². The zero-order valence-electron chi connectivity index (χ0n) is 13.0. The van der Waals surface area contributed by atoms with Crippen LogP contribution in [-0.4, -0.2) is 18.6 Å². The van der Waals surface area contributed by atoms with Crippen molar-refractivity contribution in [3.8, 4) is 0 Å². The standard InChI is InChI=1S/C17H29NS/c1-14-11-15(2)13-17(12-14)16(3)18-9-7-5-6-8-10-19-4/h11-13,16,18H,5-10H2,1-4H3. The fourth-order valence-electron chi connectivity index (χ4n) is 2.42. The van der Waals surface area contributed by atoms with Gasteiger partial charge in [-0.05, 0) is 57.7 Å². The summed E-state index contributed by atoms with van der Waals surface area (Å²) < 4.78 is 0. The van der Waals surface area contributed by atoms with E-state index in [1.807, 2.05) is 11.8 Å². The van der Waals surface area contributed by atoms with Gasteiger partial charge in [-0.3, -0.25) is 0 Å². The van der Waals surface area contributed by atoms with E-state index in [0.29, 0.717) is 6.04 Å². The number of hydrogen-bond donors (Lipinski definition) is 1. The van der Waals surface area contributed by atoms with Crippen LogP contribution >= 0.6 is 11.8 Å². The van der Waals surface area contributed by atoms with E-state index in [1.54, 1.807) is 0 Å². The first-order valence-corrected chi connectivity index (χ1v) is 8.83. The van der Waals surface area contributed by atoms with Crippen LogP contribution < -0.4 is 5.32 Å². The van der Waals surface area contributed by atoms with Gasteiger partial charge in [0.1, 0.15) is 0 Å². The summed E-state index contributed by atoms with van der Waals surface area (Å²) in [6, 6.07) is 7.29. The second-order valence-corrected chi connectivity index (χ2v) is 6.49. The number of hydrogen-bond acceptors (Lipinski definition) is 2. The highest BCUT2D eigenvalue weighted by Gasteiger charge is 2.05. The Hall–Kier alpha value is -0.470. The third-order valence-corrected chi connectivity index (χ3v) is 4.17. The van der Waals surface area contributed by atoms with Crippen LogP contribution in [0, 0.1) is 13.8 Å². The summed E-state index contributed by atoms with van der Waals surface area (Å²) in [7, 11) is 0. The average molecular weight is 279 g/mol. The maximum absolute atomic E-state index is 3.64. The molecular formula is C17H29NS. The first kappa shape index (κ1) is 16.6. The molecule has 0 aliphatic rings. The Labute approximate surface area is 123 Å². The van der Waals surface area contributed by atoms with Gasteiger partial charge in [-0.2, -0.15) is 11.8 Å². The van der Waals surface area contributed by atoms with Gasteiger partial charge in [-0.25, -0.2) is 0 Å². The summed E-state index contributed by atoms with van der Waals surface area (Å²) in [5.74, 6) is 1.31. The second kappa shape index (κ2) is 9.44. The van der Waals surface area contributed by atoms with Crippen LogP contribution in [0.15, 0.2) is 18.2 Å². The minimum absolute atomic E-state index is 0.463. The van der Waals surface area contributed by atoms with Gasteiger partial charge in [0.05, 0.1) is 0 Å². The van der Waals surface area contributed by atoms with Crippen LogP contribution in [0.25, 0.3) is 0 Å². The van der Waals surface area contributed by atoms with Crippen molar-refractivity contribution in [2.45, 2.75) is 52.5 Å². The van der Waals surface area contributed by atoms with E-state index < -0.39 is 0 Å². The number of thioether (sulfide) groups is 1. The van der Waals surface area contributed by atoms with Gasteiger partial charge in [0.2, 0.25) is 0 Å². The van der Waals surface area contributed by atoms with Gasteiger partial charge in [0.25, 0.3) is 0 Å². The topological polar surface area (TPSA) is 12.0 Å². The van der Waals surface area contributed by atoms with Gasteiger partial charge in [-0.1, -0.05) is 42.2 Å². The molecule has 0 aliphatic heterocycles. The molecule has 0 spiro atoms. The number of unbranched alkanes of at least 4 members (excludes halogenated alkanes) is 3. The third-order valence-electron chi connectivity index (χ3n) is 3.47. The molecule has 1 nitrogen and oxygen atoms in total. The molecule has 0 amide bonds. The molecule has 1 unspecified atom stereocenters. The van der Waals surface area contributed by atoms with Crippen LogP contribution in [0.5, 0.6) is 0 Å². The van der Waals surface area contributed by atoms with E-state index in [9.17, 15) is 0 Å². The molecule has 1 N–H and O–H groups in total. The molecule has 1 atom stereocenters. The van der Waals surface area contributed by atoms with Gasteiger partial charge >= 0.3 is 0 Å². The normalized spacial score (nSPS) is 12.6. The second-order valence-electron chi connectivity index (χ2n) is 5.50. The molecule has 0 bridgehead atoms. The summed E-state index contributed by atoms with van der Waals surface area (Å²) in [6.45, 7) is 7.75. The van der Waals surface area contributed by atoms with Crippen molar-refractivity contribution in [1.82, 2.24) is 5.32 Å². The summed E-state index contributed by atoms with van der Waals surface area (Å²) in [5.41, 5.74) is 4.14. The lowest BCUT2D eigenvalue weighted by molar-refractivity contribution is 0.537. The molecule has 1 rings (SSSR count). The molecule has 0 aromatic heterocycles. The Bertz CT molecular complexity index is 342. The first-order valence-electron chi connectivity index (χ1n) is 7.44. The van der Waals surface area contributed by atoms with Crippen molar-refractivity contribution >= 4 is 11.8 Å². The summed E-state index contributed by atoms with van der Waals surface area (Å²) in [4.78, 5) is 0. The zero-order chi connectivity index (χ0) is 14.1. The average Bonchev–Trinajstić information content (AvgIpc) is 2.36. The van der Waals surface area contributed by atoms with Crippen molar-refractivity contribution in [3.63, 3.8) is 0 Å². The van der Waals surface area contributed by atoms with Crippen molar-refractivity contribution in [2.75, 3.05) is 18.6 Å². The minimum atomic E-state index is 0.463. The molecule has 0 saturated carbocycles. The van der Waals surface area contributed by atoms with Crippen LogP contribution in [0.3, 0.4) is 0 Å². The molecule has 108 valence electrons. The van der Waals surface area contributed by atoms with Crippen LogP contribution in [0.2, 0.25) is 0 Å². The van der Waals surface area contributed by atoms with Gasteiger partial charge in [0.15, 0.2) is 0 Å². The molecular weight excluding hydrogens is 250 g/mol. The van der Waals surface area contributed by atoms with Gasteiger partial charge < -0.3 is 5.32 Å². The number of aryl methyl sites for hydroxylation is 2. The third kappa shape index (κ3) is 7.03.